The number of aromatic nitrogens is 2. The van der Waals surface area contributed by atoms with Gasteiger partial charge in [0.1, 0.15) is 5.82 Å². The van der Waals surface area contributed by atoms with Gasteiger partial charge in [-0.05, 0) is 36.1 Å². The van der Waals surface area contributed by atoms with E-state index in [-0.39, 0.29) is 18.0 Å². The van der Waals surface area contributed by atoms with Crippen LogP contribution in [-0.2, 0) is 17.6 Å². The molecule has 2 aromatic carbocycles. The lowest BCUT2D eigenvalue weighted by Gasteiger charge is -2.24. The summed E-state index contributed by atoms with van der Waals surface area (Å²) in [6.07, 6.45) is 4.19. The number of anilines is 1. The minimum atomic E-state index is 0.0849. The van der Waals surface area contributed by atoms with Crippen molar-refractivity contribution in [1.82, 2.24) is 14.9 Å². The van der Waals surface area contributed by atoms with Gasteiger partial charge >= 0.3 is 0 Å². The number of fused-ring (bicyclic) bond motifs is 2. The van der Waals surface area contributed by atoms with Crippen LogP contribution in [0, 0.1) is 0 Å². The van der Waals surface area contributed by atoms with Crippen LogP contribution in [0.1, 0.15) is 17.5 Å². The SMILES string of the molecule is O=C1C[C@H](Nc2cnc3ccccc3n2)CN1C1Cc2ccccc2C1. The van der Waals surface area contributed by atoms with Crippen LogP contribution in [0.15, 0.2) is 54.7 Å². The molecule has 1 aliphatic heterocycles. The molecule has 5 nitrogen and oxygen atoms in total. The van der Waals surface area contributed by atoms with Gasteiger partial charge in [-0.1, -0.05) is 36.4 Å². The van der Waals surface area contributed by atoms with Gasteiger partial charge in [0.25, 0.3) is 0 Å². The first-order chi connectivity index (χ1) is 12.8. The molecular formula is C21H20N4O. The summed E-state index contributed by atoms with van der Waals surface area (Å²) in [6.45, 7) is 0.728. The van der Waals surface area contributed by atoms with E-state index >= 15 is 0 Å². The molecule has 1 aliphatic carbocycles. The van der Waals surface area contributed by atoms with Gasteiger partial charge in [0.15, 0.2) is 0 Å². The Morgan fingerprint density at radius 1 is 0.923 bits per heavy atom. The first kappa shape index (κ1) is 15.3. The van der Waals surface area contributed by atoms with Gasteiger partial charge in [-0.3, -0.25) is 9.78 Å². The third-order valence-electron chi connectivity index (χ3n) is 5.43. The summed E-state index contributed by atoms with van der Waals surface area (Å²) in [7, 11) is 0. The number of hydrogen-bond donors (Lipinski definition) is 1. The van der Waals surface area contributed by atoms with Gasteiger partial charge in [-0.2, -0.15) is 0 Å². The molecule has 2 aliphatic rings. The summed E-state index contributed by atoms with van der Waals surface area (Å²) < 4.78 is 0. The van der Waals surface area contributed by atoms with E-state index in [4.69, 9.17) is 0 Å². The Morgan fingerprint density at radius 2 is 1.62 bits per heavy atom. The predicted molar refractivity (Wildman–Crippen MR) is 101 cm³/mol. The van der Waals surface area contributed by atoms with Crippen LogP contribution in [0.5, 0.6) is 0 Å². The maximum absolute atomic E-state index is 12.6. The first-order valence-electron chi connectivity index (χ1n) is 9.11. The van der Waals surface area contributed by atoms with Crippen LogP contribution in [0.3, 0.4) is 0 Å². The lowest BCUT2D eigenvalue weighted by atomic mass is 10.1. The number of nitrogens with one attached hydrogen (secondary N) is 1. The topological polar surface area (TPSA) is 58.1 Å². The largest absolute Gasteiger partial charge is 0.364 e. The van der Waals surface area contributed by atoms with E-state index in [0.29, 0.717) is 6.42 Å². The van der Waals surface area contributed by atoms with Crippen LogP contribution < -0.4 is 5.32 Å². The van der Waals surface area contributed by atoms with E-state index in [2.05, 4.69) is 39.6 Å². The Labute approximate surface area is 152 Å². The maximum atomic E-state index is 12.6. The molecule has 0 spiro atoms. The van der Waals surface area contributed by atoms with E-state index in [9.17, 15) is 4.79 Å². The van der Waals surface area contributed by atoms with Crippen molar-refractivity contribution in [2.45, 2.75) is 31.3 Å². The molecule has 26 heavy (non-hydrogen) atoms. The van der Waals surface area contributed by atoms with Crippen molar-refractivity contribution in [1.29, 1.82) is 0 Å². The van der Waals surface area contributed by atoms with Crippen molar-refractivity contribution >= 4 is 22.8 Å². The fourth-order valence-electron chi connectivity index (χ4n) is 4.17. The molecule has 130 valence electrons. The zero-order valence-electron chi connectivity index (χ0n) is 14.4. The normalized spacial score (nSPS) is 19.9. The van der Waals surface area contributed by atoms with Crippen molar-refractivity contribution in [3.8, 4) is 0 Å². The maximum Gasteiger partial charge on any atom is 0.225 e. The number of carbonyl (C=O) groups excluding carboxylic acids is 1. The molecular weight excluding hydrogens is 324 g/mol. The Balaban J connectivity index is 1.29. The molecule has 1 amide bonds. The molecule has 0 radical (unpaired) electrons. The number of benzene rings is 2. The molecule has 1 fully saturated rings. The van der Waals surface area contributed by atoms with E-state index in [0.717, 1.165) is 36.2 Å². The molecule has 0 bridgehead atoms. The first-order valence-corrected chi connectivity index (χ1v) is 9.11. The monoisotopic (exact) mass is 344 g/mol. The smallest absolute Gasteiger partial charge is 0.225 e. The second-order valence-corrected chi connectivity index (χ2v) is 7.17. The fraction of sp³-hybridized carbons (Fsp3) is 0.286. The highest BCUT2D eigenvalue weighted by molar-refractivity contribution is 5.81. The number of rotatable bonds is 3. The number of hydrogen-bond acceptors (Lipinski definition) is 4. The van der Waals surface area contributed by atoms with Crippen LogP contribution in [0.2, 0.25) is 0 Å². The predicted octanol–water partition coefficient (Wildman–Crippen LogP) is 2.81. The van der Waals surface area contributed by atoms with Crippen LogP contribution >= 0.6 is 0 Å². The minimum absolute atomic E-state index is 0.0849. The molecule has 1 aromatic heterocycles. The molecule has 1 saturated heterocycles. The second kappa shape index (κ2) is 6.09. The molecule has 0 saturated carbocycles. The van der Waals surface area contributed by atoms with Crippen LogP contribution in [0.25, 0.3) is 11.0 Å². The summed E-state index contributed by atoms with van der Waals surface area (Å²) in [6, 6.07) is 16.7. The standard InChI is InChI=1S/C21H20N4O/c26-21-11-16(23-20-12-22-18-7-3-4-8-19(18)24-20)13-25(21)17-9-14-5-1-2-6-15(14)10-17/h1-8,12,16-17H,9-11,13H2,(H,23,24)/t16-/m0/s1. The molecule has 0 unspecified atom stereocenters. The highest BCUT2D eigenvalue weighted by Gasteiger charge is 2.37. The Bertz CT molecular complexity index is 961. The summed E-state index contributed by atoms with van der Waals surface area (Å²) in [5.41, 5.74) is 4.50. The van der Waals surface area contributed by atoms with Crippen molar-refractivity contribution in [2.75, 3.05) is 11.9 Å². The Hall–Kier alpha value is -2.95. The van der Waals surface area contributed by atoms with E-state index in [1.807, 2.05) is 29.2 Å². The van der Waals surface area contributed by atoms with Crippen LogP contribution in [-0.4, -0.2) is 39.4 Å². The number of amides is 1. The molecule has 3 aromatic rings. The Kier molecular flexibility index (Phi) is 3.59. The van der Waals surface area contributed by atoms with Crippen molar-refractivity contribution in [2.24, 2.45) is 0 Å². The van der Waals surface area contributed by atoms with E-state index < -0.39 is 0 Å². The van der Waals surface area contributed by atoms with Crippen molar-refractivity contribution < 1.29 is 4.79 Å². The number of carbonyl (C=O) groups is 1. The van der Waals surface area contributed by atoms with Crippen molar-refractivity contribution in [3.05, 3.63) is 65.9 Å². The van der Waals surface area contributed by atoms with Gasteiger partial charge in [-0.15, -0.1) is 0 Å². The van der Waals surface area contributed by atoms with Crippen molar-refractivity contribution in [3.63, 3.8) is 0 Å². The van der Waals surface area contributed by atoms with Gasteiger partial charge < -0.3 is 10.2 Å². The quantitative estimate of drug-likeness (QED) is 0.794. The number of para-hydroxylation sites is 2. The van der Waals surface area contributed by atoms with Gasteiger partial charge in [0.2, 0.25) is 5.91 Å². The number of nitrogens with zero attached hydrogens (tertiary/aromatic N) is 3. The van der Waals surface area contributed by atoms with E-state index in [1.165, 1.54) is 11.1 Å². The summed E-state index contributed by atoms with van der Waals surface area (Å²) in [5, 5.41) is 3.40. The van der Waals surface area contributed by atoms with Gasteiger partial charge in [0.05, 0.1) is 23.3 Å². The van der Waals surface area contributed by atoms with E-state index in [1.54, 1.807) is 6.20 Å². The summed E-state index contributed by atoms with van der Waals surface area (Å²) >= 11 is 0. The summed E-state index contributed by atoms with van der Waals surface area (Å²) in [5.74, 6) is 0.965. The van der Waals surface area contributed by atoms with Gasteiger partial charge in [0, 0.05) is 19.0 Å². The third kappa shape index (κ3) is 2.69. The molecule has 1 N–H and O–H groups in total. The average molecular weight is 344 g/mol. The zero-order valence-corrected chi connectivity index (χ0v) is 14.4. The highest BCUT2D eigenvalue weighted by atomic mass is 16.2. The molecule has 5 rings (SSSR count). The second-order valence-electron chi connectivity index (χ2n) is 7.17. The molecule has 1 atom stereocenters. The van der Waals surface area contributed by atoms with Gasteiger partial charge in [-0.25, -0.2) is 4.98 Å². The van der Waals surface area contributed by atoms with Crippen LogP contribution in [0.4, 0.5) is 5.82 Å². The summed E-state index contributed by atoms with van der Waals surface area (Å²) in [4.78, 5) is 23.7. The lowest BCUT2D eigenvalue weighted by Crippen LogP contribution is -2.38. The minimum Gasteiger partial charge on any atom is -0.364 e. The zero-order chi connectivity index (χ0) is 17.5. The third-order valence-corrected chi connectivity index (χ3v) is 5.43. The highest BCUT2D eigenvalue weighted by Crippen LogP contribution is 2.29. The number of likely N-dealkylation sites (tertiary alicyclic amines) is 1. The molecule has 2 heterocycles. The average Bonchev–Trinajstić information content (AvgIpc) is 3.24. The fourth-order valence-corrected chi connectivity index (χ4v) is 4.17. The Morgan fingerprint density at radius 3 is 2.38 bits per heavy atom. The molecule has 5 heteroatoms. The lowest BCUT2D eigenvalue weighted by molar-refractivity contribution is -0.129.